The molecule has 3 fully saturated rings. The molecule has 0 aliphatic carbocycles. The van der Waals surface area contributed by atoms with E-state index < -0.39 is 12.1 Å². The lowest BCUT2D eigenvalue weighted by molar-refractivity contribution is -0.162. The highest BCUT2D eigenvalue weighted by molar-refractivity contribution is 5.98. The molecule has 0 saturated carbocycles. The van der Waals surface area contributed by atoms with Gasteiger partial charge in [-0.05, 0) is 25.0 Å². The Morgan fingerprint density at radius 3 is 2.46 bits per heavy atom. The molecular weight excluding hydrogens is 310 g/mol. The van der Waals surface area contributed by atoms with Crippen molar-refractivity contribution in [2.45, 2.75) is 24.9 Å². The number of para-hydroxylation sites is 1. The Morgan fingerprint density at radius 1 is 0.958 bits per heavy atom. The number of ether oxygens (including phenoxy) is 1. The fourth-order valence-corrected chi connectivity index (χ4v) is 3.75. The highest BCUT2D eigenvalue weighted by Gasteiger charge is 2.50. The second kappa shape index (κ2) is 5.81. The van der Waals surface area contributed by atoms with E-state index in [2.05, 4.69) is 0 Å². The summed E-state index contributed by atoms with van der Waals surface area (Å²) in [7, 11) is 0. The van der Waals surface area contributed by atoms with Gasteiger partial charge in [-0.1, -0.05) is 18.2 Å². The van der Waals surface area contributed by atoms with Crippen molar-refractivity contribution in [3.05, 3.63) is 30.3 Å². The van der Waals surface area contributed by atoms with Crippen molar-refractivity contribution in [2.24, 2.45) is 0 Å². The molecule has 2 atom stereocenters. The number of carbonyl (C=O) groups excluding carboxylic acids is 3. The average Bonchev–Trinajstić information content (AvgIpc) is 3.10. The molecule has 0 bridgehead atoms. The molecule has 0 radical (unpaired) electrons. The quantitative estimate of drug-likeness (QED) is 0.761. The molecule has 3 amide bonds. The summed E-state index contributed by atoms with van der Waals surface area (Å²) in [6, 6.07) is 7.96. The fourth-order valence-electron chi connectivity index (χ4n) is 3.75. The van der Waals surface area contributed by atoms with Crippen molar-refractivity contribution in [2.75, 3.05) is 26.2 Å². The van der Waals surface area contributed by atoms with Crippen LogP contribution in [0.4, 0.5) is 4.79 Å². The minimum Gasteiger partial charge on any atom is -0.410 e. The van der Waals surface area contributed by atoms with Crippen LogP contribution < -0.4 is 4.74 Å². The van der Waals surface area contributed by atoms with Crippen LogP contribution in [0.25, 0.3) is 0 Å². The molecule has 0 aromatic heterocycles. The summed E-state index contributed by atoms with van der Waals surface area (Å²) in [5.74, 6) is 0.443. The van der Waals surface area contributed by atoms with Gasteiger partial charge in [-0.2, -0.15) is 0 Å². The topological polar surface area (TPSA) is 70.2 Å². The lowest BCUT2D eigenvalue weighted by Gasteiger charge is -2.47. The zero-order valence-electron chi connectivity index (χ0n) is 13.3. The smallest absolute Gasteiger partial charge is 0.410 e. The van der Waals surface area contributed by atoms with E-state index in [0.29, 0.717) is 25.4 Å². The number of rotatable bonds is 1. The first kappa shape index (κ1) is 15.0. The van der Waals surface area contributed by atoms with Crippen molar-refractivity contribution in [3.63, 3.8) is 0 Å². The van der Waals surface area contributed by atoms with E-state index >= 15 is 0 Å². The minimum atomic E-state index is -0.580. The van der Waals surface area contributed by atoms with Crippen molar-refractivity contribution < 1.29 is 19.1 Å². The number of carbonyl (C=O) groups is 3. The standard InChI is InChI=1S/C17H19N3O4/c21-15-13-7-4-8-19(13)16(22)14-11-18(9-10-20(14)15)17(23)24-12-5-2-1-3-6-12/h1-3,5-6,13-14H,4,7-11H2/t13-,14+/m0/s1. The van der Waals surface area contributed by atoms with Crippen LogP contribution in [0.1, 0.15) is 12.8 Å². The van der Waals surface area contributed by atoms with E-state index in [1.54, 1.807) is 34.1 Å². The maximum Gasteiger partial charge on any atom is 0.415 e. The third-order valence-electron chi connectivity index (χ3n) is 4.98. The van der Waals surface area contributed by atoms with Crippen LogP contribution in [-0.2, 0) is 9.59 Å². The lowest BCUT2D eigenvalue weighted by Crippen LogP contribution is -2.69. The Labute approximate surface area is 139 Å². The highest BCUT2D eigenvalue weighted by atomic mass is 16.6. The Morgan fingerprint density at radius 2 is 1.67 bits per heavy atom. The maximum absolute atomic E-state index is 12.7. The first-order valence-corrected chi connectivity index (χ1v) is 8.28. The van der Waals surface area contributed by atoms with Crippen LogP contribution in [0.3, 0.4) is 0 Å². The van der Waals surface area contributed by atoms with Gasteiger partial charge in [-0.3, -0.25) is 9.59 Å². The predicted octanol–water partition coefficient (Wildman–Crippen LogP) is 0.703. The van der Waals surface area contributed by atoms with Crippen LogP contribution in [0.2, 0.25) is 0 Å². The second-order valence-electron chi connectivity index (χ2n) is 6.36. The van der Waals surface area contributed by atoms with Gasteiger partial charge in [-0.15, -0.1) is 0 Å². The third kappa shape index (κ3) is 2.40. The SMILES string of the molecule is O=C(Oc1ccccc1)N1CCN2C(=O)[C@@H]3CCCN3C(=O)[C@H]2C1. The Kier molecular flexibility index (Phi) is 3.63. The number of amides is 3. The molecule has 3 saturated heterocycles. The van der Waals surface area contributed by atoms with Crippen LogP contribution >= 0.6 is 0 Å². The average molecular weight is 329 g/mol. The zero-order chi connectivity index (χ0) is 16.7. The Balaban J connectivity index is 1.47. The van der Waals surface area contributed by atoms with Gasteiger partial charge in [0.15, 0.2) is 0 Å². The molecule has 24 heavy (non-hydrogen) atoms. The van der Waals surface area contributed by atoms with Gasteiger partial charge in [0, 0.05) is 19.6 Å². The summed E-state index contributed by atoms with van der Waals surface area (Å²) in [5.41, 5.74) is 0. The highest BCUT2D eigenvalue weighted by Crippen LogP contribution is 2.29. The molecule has 7 heteroatoms. The largest absolute Gasteiger partial charge is 0.415 e. The Bertz CT molecular complexity index is 678. The van der Waals surface area contributed by atoms with E-state index in [4.69, 9.17) is 4.74 Å². The van der Waals surface area contributed by atoms with E-state index in [9.17, 15) is 14.4 Å². The molecule has 7 nitrogen and oxygen atoms in total. The van der Waals surface area contributed by atoms with E-state index in [-0.39, 0.29) is 24.4 Å². The van der Waals surface area contributed by atoms with Gasteiger partial charge in [0.2, 0.25) is 11.8 Å². The zero-order valence-corrected chi connectivity index (χ0v) is 13.3. The van der Waals surface area contributed by atoms with Crippen LogP contribution in [0.15, 0.2) is 30.3 Å². The normalized spacial score (nSPS) is 26.2. The lowest BCUT2D eigenvalue weighted by atomic mass is 10.0. The van der Waals surface area contributed by atoms with E-state index in [0.717, 1.165) is 12.8 Å². The summed E-state index contributed by atoms with van der Waals surface area (Å²) < 4.78 is 5.34. The van der Waals surface area contributed by atoms with Crippen molar-refractivity contribution in [1.82, 2.24) is 14.7 Å². The van der Waals surface area contributed by atoms with Gasteiger partial charge in [-0.25, -0.2) is 4.79 Å². The molecular formula is C17H19N3O4. The molecule has 1 aromatic rings. The van der Waals surface area contributed by atoms with Gasteiger partial charge in [0.05, 0.1) is 6.54 Å². The first-order chi connectivity index (χ1) is 11.6. The molecule has 4 rings (SSSR count). The van der Waals surface area contributed by atoms with Crippen LogP contribution in [0.5, 0.6) is 5.75 Å². The third-order valence-corrected chi connectivity index (χ3v) is 4.98. The number of hydrogen-bond acceptors (Lipinski definition) is 4. The molecule has 3 aliphatic heterocycles. The number of fused-ring (bicyclic) bond motifs is 2. The molecule has 0 spiro atoms. The monoisotopic (exact) mass is 329 g/mol. The molecule has 1 aromatic carbocycles. The van der Waals surface area contributed by atoms with Crippen molar-refractivity contribution in [3.8, 4) is 5.75 Å². The number of piperazine rings is 2. The summed E-state index contributed by atoms with van der Waals surface area (Å²) in [5, 5.41) is 0. The van der Waals surface area contributed by atoms with Crippen molar-refractivity contribution in [1.29, 1.82) is 0 Å². The summed E-state index contributed by atoms with van der Waals surface area (Å²) in [6.45, 7) is 1.59. The maximum atomic E-state index is 12.7. The molecule has 3 heterocycles. The Hall–Kier alpha value is -2.57. The van der Waals surface area contributed by atoms with Crippen LogP contribution in [0, 0.1) is 0 Å². The predicted molar refractivity (Wildman–Crippen MR) is 84.3 cm³/mol. The second-order valence-corrected chi connectivity index (χ2v) is 6.36. The minimum absolute atomic E-state index is 0.0215. The summed E-state index contributed by atoms with van der Waals surface area (Å²) in [4.78, 5) is 42.4. The molecule has 0 unspecified atom stereocenters. The summed E-state index contributed by atoms with van der Waals surface area (Å²) >= 11 is 0. The summed E-state index contributed by atoms with van der Waals surface area (Å²) in [6.07, 6.45) is 1.13. The fraction of sp³-hybridized carbons (Fsp3) is 0.471. The van der Waals surface area contributed by atoms with Gasteiger partial charge in [0.1, 0.15) is 17.8 Å². The first-order valence-electron chi connectivity index (χ1n) is 8.28. The molecule has 126 valence electrons. The molecule has 3 aliphatic rings. The van der Waals surface area contributed by atoms with Gasteiger partial charge >= 0.3 is 6.09 Å². The molecule has 0 N–H and O–H groups in total. The number of hydrogen-bond donors (Lipinski definition) is 0. The van der Waals surface area contributed by atoms with E-state index in [1.807, 2.05) is 6.07 Å². The van der Waals surface area contributed by atoms with Gasteiger partial charge < -0.3 is 19.4 Å². The van der Waals surface area contributed by atoms with Crippen LogP contribution in [-0.4, -0.2) is 70.9 Å². The van der Waals surface area contributed by atoms with E-state index in [1.165, 1.54) is 4.90 Å². The van der Waals surface area contributed by atoms with Crippen molar-refractivity contribution >= 4 is 17.9 Å². The number of nitrogens with zero attached hydrogens (tertiary/aromatic N) is 3. The van der Waals surface area contributed by atoms with Gasteiger partial charge in [0.25, 0.3) is 0 Å². The number of benzene rings is 1.